The zero-order valence-electron chi connectivity index (χ0n) is 18.6. The van der Waals surface area contributed by atoms with Crippen molar-refractivity contribution >= 4 is 34.9 Å². The molecule has 1 atom stereocenters. The zero-order valence-corrected chi connectivity index (χ0v) is 19.4. The fraction of sp³-hybridized carbons (Fsp3) is 0.292. The van der Waals surface area contributed by atoms with E-state index in [0.717, 1.165) is 11.3 Å². The smallest absolute Gasteiger partial charge is 0.338 e. The van der Waals surface area contributed by atoms with Crippen LogP contribution in [0.5, 0.6) is 5.75 Å². The molecular formula is C24H27N3O4S. The Balaban J connectivity index is 1.82. The van der Waals surface area contributed by atoms with E-state index in [9.17, 15) is 9.59 Å². The second kappa shape index (κ2) is 10.3. The first kappa shape index (κ1) is 23.3. The number of anilines is 1. The number of thiocarbonyl (C=S) groups is 1. The van der Waals surface area contributed by atoms with Gasteiger partial charge in [-0.2, -0.15) is 0 Å². The van der Waals surface area contributed by atoms with E-state index in [0.29, 0.717) is 34.2 Å². The number of hydrogen-bond donors (Lipinski definition) is 2. The van der Waals surface area contributed by atoms with Crippen LogP contribution in [0.3, 0.4) is 0 Å². The number of carbonyl (C=O) groups is 2. The highest BCUT2D eigenvalue weighted by Crippen LogP contribution is 2.32. The molecule has 3 rings (SSSR count). The predicted octanol–water partition coefficient (Wildman–Crippen LogP) is 4.04. The number of rotatable bonds is 7. The molecule has 0 aliphatic carbocycles. The third-order valence-corrected chi connectivity index (χ3v) is 5.60. The first-order valence-electron chi connectivity index (χ1n) is 10.4. The Morgan fingerprint density at radius 1 is 1.09 bits per heavy atom. The second-order valence-electron chi connectivity index (χ2n) is 7.15. The summed E-state index contributed by atoms with van der Waals surface area (Å²) in [5.74, 6) is 0.0884. The molecule has 0 aromatic heterocycles. The van der Waals surface area contributed by atoms with Crippen molar-refractivity contribution in [2.75, 3.05) is 25.6 Å². The largest absolute Gasteiger partial charge is 0.497 e. The predicted molar refractivity (Wildman–Crippen MR) is 128 cm³/mol. The molecule has 2 N–H and O–H groups in total. The number of nitrogens with zero attached hydrogens (tertiary/aromatic N) is 1. The van der Waals surface area contributed by atoms with Gasteiger partial charge in [0.1, 0.15) is 5.75 Å². The molecule has 2 aromatic carbocycles. The average molecular weight is 454 g/mol. The Bertz CT molecular complexity index is 1030. The fourth-order valence-electron chi connectivity index (χ4n) is 3.59. The third-order valence-electron chi connectivity index (χ3n) is 5.26. The van der Waals surface area contributed by atoms with Crippen molar-refractivity contribution in [1.29, 1.82) is 0 Å². The second-order valence-corrected chi connectivity index (χ2v) is 7.54. The van der Waals surface area contributed by atoms with Crippen LogP contribution in [0.25, 0.3) is 0 Å². The molecule has 168 valence electrons. The van der Waals surface area contributed by atoms with E-state index < -0.39 is 6.04 Å². The number of amides is 1. The normalized spacial score (nSPS) is 15.8. The molecule has 0 fully saturated rings. The maximum absolute atomic E-state index is 12.7. The third kappa shape index (κ3) is 4.91. The van der Waals surface area contributed by atoms with Crippen LogP contribution < -0.4 is 15.4 Å². The highest BCUT2D eigenvalue weighted by atomic mass is 32.1. The van der Waals surface area contributed by atoms with Gasteiger partial charge < -0.3 is 25.0 Å². The van der Waals surface area contributed by atoms with E-state index in [2.05, 4.69) is 10.6 Å². The Kier molecular flexibility index (Phi) is 7.48. The van der Waals surface area contributed by atoms with Crippen molar-refractivity contribution in [3.63, 3.8) is 0 Å². The van der Waals surface area contributed by atoms with Gasteiger partial charge in [-0.3, -0.25) is 4.79 Å². The molecule has 1 aliphatic rings. The van der Waals surface area contributed by atoms with Gasteiger partial charge in [0.15, 0.2) is 5.11 Å². The first-order valence-corrected chi connectivity index (χ1v) is 10.8. The number of hydrogen-bond acceptors (Lipinski definition) is 5. The Labute approximate surface area is 193 Å². The Morgan fingerprint density at radius 3 is 2.31 bits per heavy atom. The van der Waals surface area contributed by atoms with Crippen molar-refractivity contribution in [3.05, 3.63) is 70.9 Å². The lowest BCUT2D eigenvalue weighted by atomic mass is 9.95. The van der Waals surface area contributed by atoms with Gasteiger partial charge in [-0.05, 0) is 75.0 Å². The van der Waals surface area contributed by atoms with E-state index >= 15 is 0 Å². The van der Waals surface area contributed by atoms with E-state index in [1.807, 2.05) is 30.9 Å². The molecule has 0 radical (unpaired) electrons. The maximum atomic E-state index is 12.7. The Morgan fingerprint density at radius 2 is 1.75 bits per heavy atom. The molecule has 1 unspecified atom stereocenters. The summed E-state index contributed by atoms with van der Waals surface area (Å²) in [6, 6.07) is 13.8. The van der Waals surface area contributed by atoms with Crippen molar-refractivity contribution in [3.8, 4) is 5.75 Å². The number of allylic oxidation sites excluding steroid dienone is 1. The standard InChI is InChI=1S/C24H27N3O4S/c1-5-27-15(3)20(23(29)31-6-2)21(26-24(27)32)16-7-11-18(12-8-16)25-22(28)17-9-13-19(30-4)14-10-17/h7-14,21H,5-6H2,1-4H3,(H,25,28)(H,26,32). The van der Waals surface area contributed by atoms with Gasteiger partial charge in [-0.15, -0.1) is 0 Å². The fourth-order valence-corrected chi connectivity index (χ4v) is 3.97. The summed E-state index contributed by atoms with van der Waals surface area (Å²) in [6.07, 6.45) is 0. The molecule has 0 spiro atoms. The molecule has 8 heteroatoms. The molecule has 1 heterocycles. The summed E-state index contributed by atoms with van der Waals surface area (Å²) in [6.45, 7) is 6.56. The van der Waals surface area contributed by atoms with Crippen LogP contribution in [0, 0.1) is 0 Å². The summed E-state index contributed by atoms with van der Waals surface area (Å²) in [5, 5.41) is 6.68. The summed E-state index contributed by atoms with van der Waals surface area (Å²) in [5.41, 5.74) is 3.31. The molecule has 0 saturated carbocycles. The first-order chi connectivity index (χ1) is 15.4. The number of methoxy groups -OCH3 is 1. The molecule has 32 heavy (non-hydrogen) atoms. The number of benzene rings is 2. The summed E-state index contributed by atoms with van der Waals surface area (Å²) >= 11 is 5.50. The Hall–Kier alpha value is -3.39. The summed E-state index contributed by atoms with van der Waals surface area (Å²) in [4.78, 5) is 27.1. The van der Waals surface area contributed by atoms with Gasteiger partial charge in [-0.25, -0.2) is 4.79 Å². The van der Waals surface area contributed by atoms with Crippen LogP contribution in [-0.4, -0.2) is 42.2 Å². The quantitative estimate of drug-likeness (QED) is 0.484. The van der Waals surface area contributed by atoms with Crippen LogP contribution >= 0.6 is 12.2 Å². The van der Waals surface area contributed by atoms with Gasteiger partial charge in [0.25, 0.3) is 5.91 Å². The molecule has 1 amide bonds. The van der Waals surface area contributed by atoms with Gasteiger partial charge in [0, 0.05) is 23.5 Å². The van der Waals surface area contributed by atoms with Crippen molar-refractivity contribution in [2.24, 2.45) is 0 Å². The molecule has 7 nitrogen and oxygen atoms in total. The summed E-state index contributed by atoms with van der Waals surface area (Å²) in [7, 11) is 1.58. The highest BCUT2D eigenvalue weighted by molar-refractivity contribution is 7.80. The van der Waals surface area contributed by atoms with E-state index in [4.69, 9.17) is 21.7 Å². The van der Waals surface area contributed by atoms with Crippen molar-refractivity contribution < 1.29 is 19.1 Å². The lowest BCUT2D eigenvalue weighted by Gasteiger charge is -2.37. The van der Waals surface area contributed by atoms with Crippen molar-refractivity contribution in [2.45, 2.75) is 26.8 Å². The molecule has 2 aromatic rings. The van der Waals surface area contributed by atoms with E-state index in [1.54, 1.807) is 50.4 Å². The number of carbonyl (C=O) groups excluding carboxylic acids is 2. The molecule has 0 bridgehead atoms. The maximum Gasteiger partial charge on any atom is 0.338 e. The van der Waals surface area contributed by atoms with Gasteiger partial charge in [0.2, 0.25) is 0 Å². The van der Waals surface area contributed by atoms with Crippen molar-refractivity contribution in [1.82, 2.24) is 10.2 Å². The van der Waals surface area contributed by atoms with Crippen LogP contribution in [0.15, 0.2) is 59.8 Å². The zero-order chi connectivity index (χ0) is 23.3. The highest BCUT2D eigenvalue weighted by Gasteiger charge is 2.34. The van der Waals surface area contributed by atoms with Crippen LogP contribution in [-0.2, 0) is 9.53 Å². The van der Waals surface area contributed by atoms with Gasteiger partial charge >= 0.3 is 5.97 Å². The average Bonchev–Trinajstić information content (AvgIpc) is 2.79. The lowest BCUT2D eigenvalue weighted by molar-refractivity contribution is -0.139. The minimum atomic E-state index is -0.435. The minimum Gasteiger partial charge on any atom is -0.497 e. The molecular weight excluding hydrogens is 426 g/mol. The van der Waals surface area contributed by atoms with Crippen LogP contribution in [0.1, 0.15) is 42.7 Å². The monoisotopic (exact) mass is 453 g/mol. The van der Waals surface area contributed by atoms with Gasteiger partial charge in [0.05, 0.1) is 25.3 Å². The number of nitrogens with one attached hydrogen (secondary N) is 2. The van der Waals surface area contributed by atoms with Crippen LogP contribution in [0.4, 0.5) is 5.69 Å². The van der Waals surface area contributed by atoms with E-state index in [-0.39, 0.29) is 18.5 Å². The van der Waals surface area contributed by atoms with E-state index in [1.165, 1.54) is 0 Å². The van der Waals surface area contributed by atoms with Gasteiger partial charge in [-0.1, -0.05) is 12.1 Å². The molecule has 1 aliphatic heterocycles. The minimum absolute atomic E-state index is 0.223. The summed E-state index contributed by atoms with van der Waals surface area (Å²) < 4.78 is 10.4. The number of esters is 1. The van der Waals surface area contributed by atoms with Crippen LogP contribution in [0.2, 0.25) is 0 Å². The topological polar surface area (TPSA) is 79.9 Å². The number of ether oxygens (including phenoxy) is 2. The molecule has 0 saturated heterocycles. The SMILES string of the molecule is CCOC(=O)C1=C(C)N(CC)C(=S)NC1c1ccc(NC(=O)c2ccc(OC)cc2)cc1. The lowest BCUT2D eigenvalue weighted by Crippen LogP contribution is -2.47.